The topological polar surface area (TPSA) is 36.9 Å². The van der Waals surface area contributed by atoms with Gasteiger partial charge in [0.05, 0.1) is 7.11 Å². The van der Waals surface area contributed by atoms with Crippen LogP contribution < -0.4 is 9.47 Å². The normalized spacial score (nSPS) is 10.4. The fourth-order valence-corrected chi connectivity index (χ4v) is 1.62. The minimum atomic E-state index is -0.402. The van der Waals surface area contributed by atoms with Crippen molar-refractivity contribution in [2.75, 3.05) is 27.9 Å². The first-order chi connectivity index (χ1) is 9.12. The van der Waals surface area contributed by atoms with E-state index in [1.807, 2.05) is 38.1 Å². The Morgan fingerprint density at radius 3 is 2.32 bits per heavy atom. The molecule has 0 radical (unpaired) electrons. The number of hydrogen-bond acceptors (Lipinski definition) is 4. The molecule has 4 nitrogen and oxygen atoms in total. The van der Waals surface area contributed by atoms with Crippen LogP contribution in [0.4, 0.5) is 0 Å². The van der Waals surface area contributed by atoms with Gasteiger partial charge in [0.2, 0.25) is 0 Å². The van der Waals surface area contributed by atoms with Crippen LogP contribution in [-0.4, -0.2) is 27.9 Å². The molecule has 1 rings (SSSR count). The summed E-state index contributed by atoms with van der Waals surface area (Å²) in [4.78, 5) is 0. The van der Waals surface area contributed by atoms with Crippen molar-refractivity contribution >= 4 is 0 Å². The van der Waals surface area contributed by atoms with Crippen LogP contribution in [0.15, 0.2) is 29.8 Å². The van der Waals surface area contributed by atoms with Gasteiger partial charge in [-0.1, -0.05) is 11.6 Å². The van der Waals surface area contributed by atoms with Gasteiger partial charge in [0.25, 0.3) is 0 Å². The van der Waals surface area contributed by atoms with Crippen LogP contribution in [0.5, 0.6) is 11.5 Å². The van der Waals surface area contributed by atoms with Crippen molar-refractivity contribution in [3.63, 3.8) is 0 Å². The lowest BCUT2D eigenvalue weighted by Gasteiger charge is -2.16. The molecule has 0 heterocycles. The number of allylic oxidation sites excluding steroid dienone is 1. The zero-order valence-electron chi connectivity index (χ0n) is 12.2. The average Bonchev–Trinajstić information content (AvgIpc) is 2.40. The molecule has 0 aliphatic heterocycles. The van der Waals surface area contributed by atoms with Crippen molar-refractivity contribution in [2.45, 2.75) is 20.1 Å². The van der Waals surface area contributed by atoms with Crippen molar-refractivity contribution in [3.05, 3.63) is 35.4 Å². The van der Waals surface area contributed by atoms with E-state index in [1.165, 1.54) is 5.57 Å². The molecule has 0 amide bonds. The smallest absolute Gasteiger partial charge is 0.183 e. The predicted molar refractivity (Wildman–Crippen MR) is 74.7 cm³/mol. The molecule has 19 heavy (non-hydrogen) atoms. The summed E-state index contributed by atoms with van der Waals surface area (Å²) in [5.41, 5.74) is 2.10. The summed E-state index contributed by atoms with van der Waals surface area (Å²) in [6.45, 7) is 4.59. The average molecular weight is 266 g/mol. The minimum absolute atomic E-state index is 0.402. The summed E-state index contributed by atoms with van der Waals surface area (Å²) < 4.78 is 21.4. The quantitative estimate of drug-likeness (QED) is 0.560. The molecule has 0 fully saturated rings. The first-order valence-corrected chi connectivity index (χ1v) is 6.12. The van der Waals surface area contributed by atoms with Gasteiger partial charge in [-0.2, -0.15) is 0 Å². The lowest BCUT2D eigenvalue weighted by atomic mass is 10.2. The zero-order valence-corrected chi connectivity index (χ0v) is 12.2. The van der Waals surface area contributed by atoms with Crippen LogP contribution in [0.2, 0.25) is 0 Å². The highest BCUT2D eigenvalue weighted by molar-refractivity contribution is 5.43. The van der Waals surface area contributed by atoms with E-state index in [0.29, 0.717) is 18.1 Å². The van der Waals surface area contributed by atoms with Crippen molar-refractivity contribution in [2.24, 2.45) is 0 Å². The summed E-state index contributed by atoms with van der Waals surface area (Å²) >= 11 is 0. The Labute approximate surface area is 114 Å². The molecule has 0 aliphatic carbocycles. The summed E-state index contributed by atoms with van der Waals surface area (Å²) in [6.07, 6.45) is 1.61. The molecule has 0 aliphatic rings. The van der Waals surface area contributed by atoms with Gasteiger partial charge < -0.3 is 18.9 Å². The second kappa shape index (κ2) is 7.81. The fourth-order valence-electron chi connectivity index (χ4n) is 1.62. The third kappa shape index (κ3) is 4.58. The van der Waals surface area contributed by atoms with Crippen LogP contribution >= 0.6 is 0 Å². The molecule has 0 aromatic heterocycles. The van der Waals surface area contributed by atoms with Crippen LogP contribution in [0.25, 0.3) is 0 Å². The van der Waals surface area contributed by atoms with E-state index in [-0.39, 0.29) is 0 Å². The monoisotopic (exact) mass is 266 g/mol. The van der Waals surface area contributed by atoms with Crippen LogP contribution in [0.1, 0.15) is 25.7 Å². The van der Waals surface area contributed by atoms with Gasteiger partial charge in [-0.15, -0.1) is 0 Å². The standard InChI is InChI=1S/C15H22O4/c1-11(2)8-9-19-13-7-6-12(10-14(13)16-3)15(17-4)18-5/h6-8,10,15H,9H2,1-5H3. The summed E-state index contributed by atoms with van der Waals surface area (Å²) in [6, 6.07) is 5.62. The Hall–Kier alpha value is -1.52. The zero-order chi connectivity index (χ0) is 14.3. The largest absolute Gasteiger partial charge is 0.493 e. The number of hydrogen-bond donors (Lipinski definition) is 0. The predicted octanol–water partition coefficient (Wildman–Crippen LogP) is 3.33. The molecule has 4 heteroatoms. The van der Waals surface area contributed by atoms with Gasteiger partial charge in [-0.3, -0.25) is 0 Å². The summed E-state index contributed by atoms with van der Waals surface area (Å²) in [5, 5.41) is 0. The van der Waals surface area contributed by atoms with Gasteiger partial charge in [-0.05, 0) is 32.1 Å². The van der Waals surface area contributed by atoms with Crippen molar-refractivity contribution in [1.82, 2.24) is 0 Å². The maximum Gasteiger partial charge on any atom is 0.183 e. The van der Waals surface area contributed by atoms with Crippen LogP contribution in [0.3, 0.4) is 0 Å². The number of rotatable bonds is 7. The van der Waals surface area contributed by atoms with E-state index in [1.54, 1.807) is 21.3 Å². The van der Waals surface area contributed by atoms with Gasteiger partial charge in [0, 0.05) is 19.8 Å². The molecule has 0 atom stereocenters. The molecular formula is C15H22O4. The highest BCUT2D eigenvalue weighted by Crippen LogP contribution is 2.31. The summed E-state index contributed by atoms with van der Waals surface area (Å²) in [7, 11) is 4.81. The van der Waals surface area contributed by atoms with Gasteiger partial charge >= 0.3 is 0 Å². The second-order valence-corrected chi connectivity index (χ2v) is 4.31. The molecule has 0 saturated carbocycles. The molecule has 0 bridgehead atoms. The molecule has 0 spiro atoms. The highest BCUT2D eigenvalue weighted by atomic mass is 16.7. The lowest BCUT2D eigenvalue weighted by Crippen LogP contribution is -2.05. The van der Waals surface area contributed by atoms with E-state index >= 15 is 0 Å². The highest BCUT2D eigenvalue weighted by Gasteiger charge is 2.12. The minimum Gasteiger partial charge on any atom is -0.493 e. The van der Waals surface area contributed by atoms with E-state index < -0.39 is 6.29 Å². The van der Waals surface area contributed by atoms with E-state index in [4.69, 9.17) is 18.9 Å². The fraction of sp³-hybridized carbons (Fsp3) is 0.467. The molecule has 0 saturated heterocycles. The van der Waals surface area contributed by atoms with Crippen LogP contribution in [0, 0.1) is 0 Å². The molecule has 1 aromatic carbocycles. The maximum absolute atomic E-state index is 5.66. The van der Waals surface area contributed by atoms with Gasteiger partial charge in [0.1, 0.15) is 6.61 Å². The summed E-state index contributed by atoms with van der Waals surface area (Å²) in [5.74, 6) is 1.37. The van der Waals surface area contributed by atoms with Gasteiger partial charge in [0.15, 0.2) is 17.8 Å². The van der Waals surface area contributed by atoms with Crippen molar-refractivity contribution in [1.29, 1.82) is 0 Å². The Kier molecular flexibility index (Phi) is 6.39. The SMILES string of the molecule is COc1cc(C(OC)OC)ccc1OCC=C(C)C. The third-order valence-electron chi connectivity index (χ3n) is 2.62. The molecular weight excluding hydrogens is 244 g/mol. The number of methoxy groups -OCH3 is 3. The van der Waals surface area contributed by atoms with E-state index in [9.17, 15) is 0 Å². The third-order valence-corrected chi connectivity index (χ3v) is 2.62. The Morgan fingerprint density at radius 1 is 1.11 bits per heavy atom. The Balaban J connectivity index is 2.86. The Morgan fingerprint density at radius 2 is 1.79 bits per heavy atom. The van der Waals surface area contributed by atoms with E-state index in [2.05, 4.69) is 0 Å². The van der Waals surface area contributed by atoms with Crippen molar-refractivity contribution in [3.8, 4) is 11.5 Å². The van der Waals surface area contributed by atoms with Crippen LogP contribution in [-0.2, 0) is 9.47 Å². The lowest BCUT2D eigenvalue weighted by molar-refractivity contribution is -0.106. The molecule has 0 unspecified atom stereocenters. The molecule has 106 valence electrons. The first-order valence-electron chi connectivity index (χ1n) is 6.12. The van der Waals surface area contributed by atoms with E-state index in [0.717, 1.165) is 5.56 Å². The van der Waals surface area contributed by atoms with Gasteiger partial charge in [-0.25, -0.2) is 0 Å². The number of benzene rings is 1. The second-order valence-electron chi connectivity index (χ2n) is 4.31. The molecule has 1 aromatic rings. The first kappa shape index (κ1) is 15.5. The van der Waals surface area contributed by atoms with Crippen molar-refractivity contribution < 1.29 is 18.9 Å². The number of ether oxygens (including phenoxy) is 4. The molecule has 0 N–H and O–H groups in total. The Bertz CT molecular complexity index is 418. The maximum atomic E-state index is 5.66.